The summed E-state index contributed by atoms with van der Waals surface area (Å²) in [6, 6.07) is 17.0. The van der Waals surface area contributed by atoms with Gasteiger partial charge in [-0.1, -0.05) is 44.2 Å². The van der Waals surface area contributed by atoms with Crippen LogP contribution in [0.2, 0.25) is 0 Å². The van der Waals surface area contributed by atoms with Gasteiger partial charge in [-0.2, -0.15) is 0 Å². The third-order valence-electron chi connectivity index (χ3n) is 6.48. The number of allylic oxidation sites excluding steroid dienone is 1. The van der Waals surface area contributed by atoms with Crippen LogP contribution in [0.4, 0.5) is 0 Å². The van der Waals surface area contributed by atoms with E-state index in [1.54, 1.807) is 18.2 Å². The van der Waals surface area contributed by atoms with Gasteiger partial charge >= 0.3 is 5.97 Å². The molecule has 3 heterocycles. The molecule has 0 amide bonds. The molecule has 0 N–H and O–H groups in total. The molecule has 0 saturated heterocycles. The molecule has 3 aromatic carbocycles. The number of Topliss-reactive ketones (excluding diaryl/α,β-unsaturated/α-hetero) is 1. The molecule has 1 atom stereocenters. The van der Waals surface area contributed by atoms with Gasteiger partial charge in [-0.3, -0.25) is 9.59 Å². The molecular formula is C28H22O6. The van der Waals surface area contributed by atoms with E-state index in [2.05, 4.69) is 26.0 Å². The van der Waals surface area contributed by atoms with Crippen molar-refractivity contribution in [2.24, 2.45) is 0 Å². The minimum absolute atomic E-state index is 0.135. The second-order valence-electron chi connectivity index (χ2n) is 8.96. The molecule has 0 saturated carbocycles. The predicted octanol–water partition coefficient (Wildman–Crippen LogP) is 5.60. The van der Waals surface area contributed by atoms with E-state index in [0.717, 1.165) is 11.1 Å². The topological polar surface area (TPSA) is 71.1 Å². The minimum atomic E-state index is -0.335. The van der Waals surface area contributed by atoms with Crippen molar-refractivity contribution >= 4 is 17.8 Å². The Morgan fingerprint density at radius 2 is 1.65 bits per heavy atom. The van der Waals surface area contributed by atoms with Crippen LogP contribution in [0, 0.1) is 0 Å². The summed E-state index contributed by atoms with van der Waals surface area (Å²) in [5, 5.41) is 0. The molecule has 6 rings (SSSR count). The van der Waals surface area contributed by atoms with Crippen molar-refractivity contribution in [2.45, 2.75) is 32.1 Å². The molecule has 0 radical (unpaired) electrons. The largest absolute Gasteiger partial charge is 0.454 e. The summed E-state index contributed by atoms with van der Waals surface area (Å²) >= 11 is 0. The van der Waals surface area contributed by atoms with E-state index >= 15 is 0 Å². The van der Waals surface area contributed by atoms with E-state index in [0.29, 0.717) is 40.0 Å². The van der Waals surface area contributed by atoms with Gasteiger partial charge in [0, 0.05) is 11.5 Å². The molecule has 170 valence electrons. The first-order chi connectivity index (χ1) is 16.5. The van der Waals surface area contributed by atoms with E-state index in [1.807, 2.05) is 30.3 Å². The highest BCUT2D eigenvalue weighted by Crippen LogP contribution is 2.50. The molecule has 3 aliphatic rings. The number of hydrogen-bond acceptors (Lipinski definition) is 6. The van der Waals surface area contributed by atoms with E-state index in [-0.39, 0.29) is 36.6 Å². The quantitative estimate of drug-likeness (QED) is 0.292. The number of fused-ring (bicyclic) bond motifs is 4. The number of benzene rings is 3. The van der Waals surface area contributed by atoms with Gasteiger partial charge in [-0.05, 0) is 52.9 Å². The van der Waals surface area contributed by atoms with Gasteiger partial charge in [0.15, 0.2) is 17.3 Å². The Labute approximate surface area is 196 Å². The molecule has 0 bridgehead atoms. The van der Waals surface area contributed by atoms with Crippen LogP contribution in [-0.4, -0.2) is 18.5 Å². The third kappa shape index (κ3) is 3.34. The third-order valence-corrected chi connectivity index (χ3v) is 6.48. The van der Waals surface area contributed by atoms with Crippen LogP contribution < -0.4 is 18.9 Å². The zero-order valence-corrected chi connectivity index (χ0v) is 18.8. The number of rotatable bonds is 3. The Kier molecular flexibility index (Phi) is 4.69. The summed E-state index contributed by atoms with van der Waals surface area (Å²) in [5.74, 6) is 1.98. The summed E-state index contributed by atoms with van der Waals surface area (Å²) in [7, 11) is 0. The fraction of sp³-hybridized carbons (Fsp3) is 0.214. The van der Waals surface area contributed by atoms with Crippen molar-refractivity contribution in [3.8, 4) is 23.0 Å². The van der Waals surface area contributed by atoms with Gasteiger partial charge in [0.25, 0.3) is 0 Å². The van der Waals surface area contributed by atoms with Crippen LogP contribution in [0.15, 0.2) is 60.4 Å². The van der Waals surface area contributed by atoms with Crippen LogP contribution in [0.25, 0.3) is 6.08 Å². The Hall–Kier alpha value is -4.06. The summed E-state index contributed by atoms with van der Waals surface area (Å²) in [6.45, 7) is 4.45. The first-order valence-corrected chi connectivity index (χ1v) is 11.3. The first-order valence-electron chi connectivity index (χ1n) is 11.3. The second kappa shape index (κ2) is 7.76. The number of ketones is 1. The Morgan fingerprint density at radius 1 is 0.882 bits per heavy atom. The number of hydrogen-bond donors (Lipinski definition) is 0. The van der Waals surface area contributed by atoms with Crippen LogP contribution in [0.1, 0.15) is 64.7 Å². The lowest BCUT2D eigenvalue weighted by atomic mass is 9.84. The smallest absolute Gasteiger partial charge is 0.312 e. The maximum Gasteiger partial charge on any atom is 0.312 e. The zero-order valence-electron chi connectivity index (χ0n) is 18.8. The van der Waals surface area contributed by atoms with Crippen LogP contribution in [0.3, 0.4) is 0 Å². The highest BCUT2D eigenvalue weighted by molar-refractivity contribution is 6.15. The maximum atomic E-state index is 13.2. The van der Waals surface area contributed by atoms with Crippen molar-refractivity contribution in [3.63, 3.8) is 0 Å². The lowest BCUT2D eigenvalue weighted by Gasteiger charge is -2.26. The van der Waals surface area contributed by atoms with Gasteiger partial charge in [-0.15, -0.1) is 0 Å². The van der Waals surface area contributed by atoms with Gasteiger partial charge in [-0.25, -0.2) is 0 Å². The molecule has 3 aliphatic heterocycles. The van der Waals surface area contributed by atoms with Gasteiger partial charge in [0.1, 0.15) is 11.5 Å². The molecule has 0 aromatic heterocycles. The molecule has 6 nitrogen and oxygen atoms in total. The monoisotopic (exact) mass is 454 g/mol. The first kappa shape index (κ1) is 20.5. The lowest BCUT2D eigenvalue weighted by molar-refractivity contribution is -0.135. The molecule has 3 aromatic rings. The van der Waals surface area contributed by atoms with E-state index in [4.69, 9.17) is 18.9 Å². The van der Waals surface area contributed by atoms with Crippen molar-refractivity contribution in [3.05, 3.63) is 88.2 Å². The average Bonchev–Trinajstić information content (AvgIpc) is 3.42. The molecule has 1 unspecified atom stereocenters. The van der Waals surface area contributed by atoms with Gasteiger partial charge in [0.2, 0.25) is 12.6 Å². The van der Waals surface area contributed by atoms with Crippen molar-refractivity contribution < 1.29 is 28.5 Å². The average molecular weight is 454 g/mol. The van der Waals surface area contributed by atoms with E-state index in [9.17, 15) is 9.59 Å². The zero-order chi connectivity index (χ0) is 23.4. The van der Waals surface area contributed by atoms with Gasteiger partial charge < -0.3 is 18.9 Å². The molecule has 0 aliphatic carbocycles. The number of esters is 1. The molecular weight excluding hydrogens is 432 g/mol. The van der Waals surface area contributed by atoms with Crippen LogP contribution in [-0.2, 0) is 4.79 Å². The molecule has 34 heavy (non-hydrogen) atoms. The maximum absolute atomic E-state index is 13.2. The highest BCUT2D eigenvalue weighted by atomic mass is 16.7. The normalized spacial score (nSPS) is 19.1. The summed E-state index contributed by atoms with van der Waals surface area (Å²) in [5.41, 5.74) is 4.14. The highest BCUT2D eigenvalue weighted by Gasteiger charge is 2.38. The fourth-order valence-electron chi connectivity index (χ4n) is 4.65. The summed E-state index contributed by atoms with van der Waals surface area (Å²) < 4.78 is 22.6. The fourth-order valence-corrected chi connectivity index (χ4v) is 4.65. The van der Waals surface area contributed by atoms with Crippen LogP contribution in [0.5, 0.6) is 23.0 Å². The summed E-state index contributed by atoms with van der Waals surface area (Å²) in [6.07, 6.45) is 1.89. The number of carbonyl (C=O) groups excluding carboxylic acids is 2. The molecule has 0 fully saturated rings. The van der Waals surface area contributed by atoms with E-state index < -0.39 is 0 Å². The summed E-state index contributed by atoms with van der Waals surface area (Å²) in [4.78, 5) is 25.6. The Bertz CT molecular complexity index is 1370. The standard InChI is InChI=1S/C28H22O6/c1-15(2)17-5-3-16(4-6-17)11-24-27(30)19-8-10-22-26(28(19)34-24)20(13-25(29)33-22)18-7-9-21-23(12-18)32-14-31-21/h3-12,15,20H,13-14H2,1-2H3. The number of carbonyl (C=O) groups is 2. The van der Waals surface area contributed by atoms with Crippen molar-refractivity contribution in [1.29, 1.82) is 0 Å². The van der Waals surface area contributed by atoms with Gasteiger partial charge in [0.05, 0.1) is 12.0 Å². The number of ether oxygens (including phenoxy) is 4. The Balaban J connectivity index is 1.40. The minimum Gasteiger partial charge on any atom is -0.454 e. The molecule has 0 spiro atoms. The van der Waals surface area contributed by atoms with Crippen LogP contribution >= 0.6 is 0 Å². The van der Waals surface area contributed by atoms with Crippen molar-refractivity contribution in [1.82, 2.24) is 0 Å². The SMILES string of the molecule is CC(C)c1ccc(C=C2Oc3c(ccc4c3C(c3ccc5c(c3)OCO5)CC(=O)O4)C2=O)cc1. The van der Waals surface area contributed by atoms with E-state index in [1.165, 1.54) is 5.56 Å². The lowest BCUT2D eigenvalue weighted by Crippen LogP contribution is -2.21. The predicted molar refractivity (Wildman–Crippen MR) is 125 cm³/mol. The Morgan fingerprint density at radius 3 is 2.44 bits per heavy atom. The molecule has 6 heteroatoms. The van der Waals surface area contributed by atoms with Crippen molar-refractivity contribution in [2.75, 3.05) is 6.79 Å². The second-order valence-corrected chi connectivity index (χ2v) is 8.96.